The quantitative estimate of drug-likeness (QED) is 0.570. The molecule has 1 aliphatic carbocycles. The molecule has 1 aromatic rings. The van der Waals surface area contributed by atoms with Crippen molar-refractivity contribution in [2.45, 2.75) is 17.1 Å². The van der Waals surface area contributed by atoms with Crippen LogP contribution in [0.3, 0.4) is 0 Å². The van der Waals surface area contributed by atoms with E-state index in [-0.39, 0.29) is 6.79 Å². The Labute approximate surface area is 97.9 Å². The van der Waals surface area contributed by atoms with Gasteiger partial charge in [0, 0.05) is 0 Å². The molecule has 6 heteroatoms. The van der Waals surface area contributed by atoms with Gasteiger partial charge in [0.1, 0.15) is 0 Å². The van der Waals surface area contributed by atoms with Crippen molar-refractivity contribution in [3.05, 3.63) is 23.3 Å². The van der Waals surface area contributed by atoms with Crippen LogP contribution in [-0.2, 0) is 11.6 Å². The highest BCUT2D eigenvalue weighted by molar-refractivity contribution is 6.46. The van der Waals surface area contributed by atoms with Crippen LogP contribution >= 0.6 is 0 Å². The highest BCUT2D eigenvalue weighted by Gasteiger charge is 2.45. The van der Waals surface area contributed by atoms with Gasteiger partial charge in [0.2, 0.25) is 6.79 Å². The van der Waals surface area contributed by atoms with Crippen LogP contribution in [0.15, 0.2) is 12.1 Å². The number of nitrogens with two attached hydrogens (primary N) is 1. The van der Waals surface area contributed by atoms with Crippen molar-refractivity contribution in [3.63, 3.8) is 0 Å². The van der Waals surface area contributed by atoms with Crippen LogP contribution < -0.4 is 15.2 Å². The summed E-state index contributed by atoms with van der Waals surface area (Å²) in [6.45, 7) is 0.219. The first-order valence-corrected chi connectivity index (χ1v) is 5.00. The molecule has 0 amide bonds. The summed E-state index contributed by atoms with van der Waals surface area (Å²) >= 11 is 0. The summed E-state index contributed by atoms with van der Waals surface area (Å²) in [6, 6.07) is 3.60. The molecule has 0 unspecified atom stereocenters. The summed E-state index contributed by atoms with van der Waals surface area (Å²) in [5.74, 6) is 1.32. The number of rotatable bonds is 0. The Kier molecular flexibility index (Phi) is 1.78. The predicted molar refractivity (Wildman–Crippen MR) is 62.1 cm³/mol. The topological polar surface area (TPSA) is 44.5 Å². The van der Waals surface area contributed by atoms with E-state index in [2.05, 4.69) is 0 Å². The number of benzene rings is 1. The molecule has 74 valence electrons. The molecule has 2 aliphatic rings. The molecular formula is C10H8B3NO2. The summed E-state index contributed by atoms with van der Waals surface area (Å²) in [5.41, 5.74) is 6.40. The lowest BCUT2D eigenvalue weighted by Crippen LogP contribution is -2.57. The second kappa shape index (κ2) is 2.80. The summed E-state index contributed by atoms with van der Waals surface area (Å²) in [6.07, 6.45) is 0.423. The first kappa shape index (κ1) is 10.1. The highest BCUT2D eigenvalue weighted by Crippen LogP contribution is 2.45. The molecule has 0 bridgehead atoms. The van der Waals surface area contributed by atoms with Gasteiger partial charge in [-0.25, -0.2) is 0 Å². The predicted octanol–water partition coefficient (Wildman–Crippen LogP) is -0.715. The zero-order chi connectivity index (χ0) is 11.6. The molecule has 0 aromatic heterocycles. The molecule has 1 aliphatic heterocycles. The van der Waals surface area contributed by atoms with Gasteiger partial charge in [-0.05, 0) is 29.6 Å². The third kappa shape index (κ3) is 1.11. The van der Waals surface area contributed by atoms with Crippen molar-refractivity contribution in [1.82, 2.24) is 0 Å². The van der Waals surface area contributed by atoms with Crippen LogP contribution in [0, 0.1) is 0 Å². The van der Waals surface area contributed by atoms with Gasteiger partial charge in [-0.2, -0.15) is 0 Å². The zero-order valence-electron chi connectivity index (χ0n) is 8.69. The fourth-order valence-electron chi connectivity index (χ4n) is 2.23. The SMILES string of the molecule is [B]C1([B])c2cc3c(cc2C[C@]1([B])N)OCO3. The minimum absolute atomic E-state index is 0.219. The average Bonchev–Trinajstić information content (AvgIpc) is 2.67. The van der Waals surface area contributed by atoms with Crippen LogP contribution in [0.4, 0.5) is 0 Å². The maximum absolute atomic E-state index is 5.99. The summed E-state index contributed by atoms with van der Waals surface area (Å²) in [4.78, 5) is 0. The van der Waals surface area contributed by atoms with Gasteiger partial charge in [-0.15, -0.1) is 0 Å². The lowest BCUT2D eigenvalue weighted by atomic mass is 9.40. The van der Waals surface area contributed by atoms with Gasteiger partial charge in [-0.3, -0.25) is 0 Å². The second-order valence-electron chi connectivity index (χ2n) is 4.45. The van der Waals surface area contributed by atoms with E-state index in [1.165, 1.54) is 0 Å². The Morgan fingerprint density at radius 1 is 1.12 bits per heavy atom. The van der Waals surface area contributed by atoms with E-state index in [1.807, 2.05) is 6.07 Å². The summed E-state index contributed by atoms with van der Waals surface area (Å²) in [5, 5.41) is -1.25. The molecule has 0 spiro atoms. The molecular weight excluding hydrogens is 199 g/mol. The van der Waals surface area contributed by atoms with E-state index in [0.29, 0.717) is 17.9 Å². The van der Waals surface area contributed by atoms with Crippen molar-refractivity contribution in [2.75, 3.05) is 6.79 Å². The fraction of sp³-hybridized carbons (Fsp3) is 0.400. The molecule has 16 heavy (non-hydrogen) atoms. The standard InChI is InChI=1S/C10H8B3NO2/c11-9(14)3-5-1-7-8(16-4-15-7)2-6(5)10(9,12)13/h1-2H,3-4,14H2/t9-/m0/s1. The van der Waals surface area contributed by atoms with Crippen molar-refractivity contribution in [3.8, 4) is 11.5 Å². The zero-order valence-corrected chi connectivity index (χ0v) is 8.69. The number of hydrogen-bond donors (Lipinski definition) is 1. The van der Waals surface area contributed by atoms with Gasteiger partial charge in [0.25, 0.3) is 0 Å². The first-order chi connectivity index (χ1) is 7.42. The second-order valence-corrected chi connectivity index (χ2v) is 4.45. The Morgan fingerprint density at radius 3 is 2.44 bits per heavy atom. The largest absolute Gasteiger partial charge is 0.454 e. The Hall–Kier alpha value is -1.03. The molecule has 1 atom stereocenters. The maximum atomic E-state index is 5.99. The Morgan fingerprint density at radius 2 is 1.75 bits per heavy atom. The van der Waals surface area contributed by atoms with Crippen molar-refractivity contribution in [2.24, 2.45) is 5.73 Å². The van der Waals surface area contributed by atoms with Gasteiger partial charge in [0.05, 0.1) is 23.5 Å². The fourth-order valence-corrected chi connectivity index (χ4v) is 2.23. The first-order valence-electron chi connectivity index (χ1n) is 5.00. The van der Waals surface area contributed by atoms with E-state index >= 15 is 0 Å². The van der Waals surface area contributed by atoms with E-state index in [9.17, 15) is 0 Å². The van der Waals surface area contributed by atoms with E-state index in [1.54, 1.807) is 6.07 Å². The van der Waals surface area contributed by atoms with Crippen molar-refractivity contribution in [1.29, 1.82) is 0 Å². The lowest BCUT2D eigenvalue weighted by molar-refractivity contribution is 0.174. The van der Waals surface area contributed by atoms with Crippen LogP contribution in [0.1, 0.15) is 11.1 Å². The number of fused-ring (bicyclic) bond motifs is 2. The minimum Gasteiger partial charge on any atom is -0.454 e. The molecule has 0 saturated carbocycles. The van der Waals surface area contributed by atoms with Gasteiger partial charge >= 0.3 is 0 Å². The lowest BCUT2D eigenvalue weighted by Gasteiger charge is -2.37. The summed E-state index contributed by atoms with van der Waals surface area (Å²) in [7, 11) is 17.9. The highest BCUT2D eigenvalue weighted by atomic mass is 16.7. The van der Waals surface area contributed by atoms with Crippen LogP contribution in [0.5, 0.6) is 11.5 Å². The number of ether oxygens (including phenoxy) is 2. The molecule has 3 rings (SSSR count). The molecule has 6 radical (unpaired) electrons. The van der Waals surface area contributed by atoms with Crippen LogP contribution in [0.2, 0.25) is 0 Å². The Bertz CT molecular complexity index is 473. The Balaban J connectivity index is 2.19. The van der Waals surface area contributed by atoms with E-state index < -0.39 is 10.7 Å². The molecule has 3 nitrogen and oxygen atoms in total. The van der Waals surface area contributed by atoms with Gasteiger partial charge in [-0.1, -0.05) is 10.8 Å². The van der Waals surface area contributed by atoms with Crippen LogP contribution in [-0.4, -0.2) is 35.8 Å². The minimum atomic E-state index is -1.25. The van der Waals surface area contributed by atoms with Crippen molar-refractivity contribution < 1.29 is 9.47 Å². The molecule has 1 aromatic carbocycles. The smallest absolute Gasteiger partial charge is 0.231 e. The van der Waals surface area contributed by atoms with E-state index in [4.69, 9.17) is 38.7 Å². The molecule has 1 heterocycles. The third-order valence-electron chi connectivity index (χ3n) is 3.30. The third-order valence-corrected chi connectivity index (χ3v) is 3.30. The molecule has 0 saturated heterocycles. The normalized spacial score (nSPS) is 29.1. The van der Waals surface area contributed by atoms with Gasteiger partial charge < -0.3 is 15.2 Å². The molecule has 0 fully saturated rings. The maximum Gasteiger partial charge on any atom is 0.231 e. The summed E-state index contributed by atoms with van der Waals surface area (Å²) < 4.78 is 10.5. The monoisotopic (exact) mass is 207 g/mol. The van der Waals surface area contributed by atoms with Crippen LogP contribution in [0.25, 0.3) is 0 Å². The number of hydrogen-bond acceptors (Lipinski definition) is 3. The van der Waals surface area contributed by atoms with E-state index in [0.717, 1.165) is 11.1 Å². The van der Waals surface area contributed by atoms with Crippen molar-refractivity contribution >= 4 is 23.5 Å². The molecule has 2 N–H and O–H groups in total. The van der Waals surface area contributed by atoms with Gasteiger partial charge in [0.15, 0.2) is 11.5 Å². The average molecular weight is 207 g/mol.